The minimum atomic E-state index is -0.111. The molecule has 6 heteroatoms. The Hall–Kier alpha value is -2.89. The summed E-state index contributed by atoms with van der Waals surface area (Å²) in [4.78, 5) is 30.0. The normalized spacial score (nSPS) is 17.0. The number of carbonyl (C=O) groups excluding carboxylic acids is 2. The SMILES string of the molecule is Cc1ccc(C(=O)N2CCCC[C@H]2COc2cccc(O)c2C=O)cn1. The molecular formula is C20H22N2O4. The molecule has 1 atom stereocenters. The zero-order valence-electron chi connectivity index (χ0n) is 14.7. The van der Waals surface area contributed by atoms with Gasteiger partial charge in [-0.15, -0.1) is 0 Å². The monoisotopic (exact) mass is 354 g/mol. The Bertz CT molecular complexity index is 789. The topological polar surface area (TPSA) is 79.7 Å². The third-order valence-electron chi connectivity index (χ3n) is 4.64. The number of aromatic hydroxyl groups is 1. The molecule has 0 unspecified atom stereocenters. The Morgan fingerprint density at radius 3 is 2.92 bits per heavy atom. The molecule has 1 amide bonds. The van der Waals surface area contributed by atoms with Crippen molar-refractivity contribution in [3.05, 3.63) is 53.3 Å². The summed E-state index contributed by atoms with van der Waals surface area (Å²) < 4.78 is 5.78. The second kappa shape index (κ2) is 7.99. The molecule has 0 saturated carbocycles. The van der Waals surface area contributed by atoms with Gasteiger partial charge in [0.25, 0.3) is 5.91 Å². The Labute approximate surface area is 152 Å². The van der Waals surface area contributed by atoms with Crippen molar-refractivity contribution >= 4 is 12.2 Å². The molecule has 1 aromatic carbocycles. The van der Waals surface area contributed by atoms with Gasteiger partial charge in [0, 0.05) is 18.4 Å². The van der Waals surface area contributed by atoms with Gasteiger partial charge in [0.1, 0.15) is 18.1 Å². The number of ether oxygens (including phenoxy) is 1. The van der Waals surface area contributed by atoms with Crippen LogP contribution in [-0.2, 0) is 0 Å². The van der Waals surface area contributed by atoms with Crippen LogP contribution in [0, 0.1) is 6.92 Å². The zero-order valence-corrected chi connectivity index (χ0v) is 14.7. The number of hydrogen-bond acceptors (Lipinski definition) is 5. The maximum atomic E-state index is 12.8. The molecule has 1 aliphatic rings. The van der Waals surface area contributed by atoms with Crippen molar-refractivity contribution < 1.29 is 19.4 Å². The van der Waals surface area contributed by atoms with Gasteiger partial charge in [-0.05, 0) is 50.5 Å². The summed E-state index contributed by atoms with van der Waals surface area (Å²) >= 11 is 0. The molecule has 0 bridgehead atoms. The van der Waals surface area contributed by atoms with Gasteiger partial charge in [0.15, 0.2) is 6.29 Å². The fourth-order valence-corrected chi connectivity index (χ4v) is 3.16. The summed E-state index contributed by atoms with van der Waals surface area (Å²) in [6.07, 6.45) is 4.98. The number of aromatic nitrogens is 1. The molecule has 1 saturated heterocycles. The van der Waals surface area contributed by atoms with Crippen molar-refractivity contribution in [3.63, 3.8) is 0 Å². The molecule has 1 fully saturated rings. The number of amides is 1. The molecular weight excluding hydrogens is 332 g/mol. The third-order valence-corrected chi connectivity index (χ3v) is 4.64. The van der Waals surface area contributed by atoms with Crippen molar-refractivity contribution in [2.24, 2.45) is 0 Å². The third kappa shape index (κ3) is 3.85. The first kappa shape index (κ1) is 17.9. The van der Waals surface area contributed by atoms with Crippen LogP contribution in [0.15, 0.2) is 36.5 Å². The van der Waals surface area contributed by atoms with E-state index >= 15 is 0 Å². The van der Waals surface area contributed by atoms with Crippen molar-refractivity contribution in [1.29, 1.82) is 0 Å². The van der Waals surface area contributed by atoms with E-state index in [9.17, 15) is 14.7 Å². The van der Waals surface area contributed by atoms with E-state index in [1.807, 2.05) is 17.9 Å². The summed E-state index contributed by atoms with van der Waals surface area (Å²) in [5.74, 6) is 0.159. The number of nitrogens with zero attached hydrogens (tertiary/aromatic N) is 2. The summed E-state index contributed by atoms with van der Waals surface area (Å²) in [6.45, 7) is 2.82. The molecule has 0 aliphatic carbocycles. The second-order valence-electron chi connectivity index (χ2n) is 6.45. The first-order valence-corrected chi connectivity index (χ1v) is 8.73. The van der Waals surface area contributed by atoms with E-state index in [4.69, 9.17) is 4.74 Å². The zero-order chi connectivity index (χ0) is 18.5. The van der Waals surface area contributed by atoms with E-state index in [1.54, 1.807) is 24.4 Å². The van der Waals surface area contributed by atoms with Crippen LogP contribution in [0.3, 0.4) is 0 Å². The summed E-state index contributed by atoms with van der Waals surface area (Å²) in [6, 6.07) is 8.24. The predicted octanol–water partition coefficient (Wildman–Crippen LogP) is 2.98. The molecule has 2 heterocycles. The second-order valence-corrected chi connectivity index (χ2v) is 6.45. The highest BCUT2D eigenvalue weighted by Crippen LogP contribution is 2.27. The van der Waals surface area contributed by atoms with Gasteiger partial charge < -0.3 is 14.7 Å². The number of piperidine rings is 1. The van der Waals surface area contributed by atoms with Crippen molar-refractivity contribution in [3.8, 4) is 11.5 Å². The van der Waals surface area contributed by atoms with Crippen molar-refractivity contribution in [2.45, 2.75) is 32.2 Å². The number of likely N-dealkylation sites (tertiary alicyclic amines) is 1. The molecule has 0 radical (unpaired) electrons. The molecule has 3 rings (SSSR count). The van der Waals surface area contributed by atoms with Crippen molar-refractivity contribution in [1.82, 2.24) is 9.88 Å². The number of benzene rings is 1. The molecule has 1 N–H and O–H groups in total. The molecule has 26 heavy (non-hydrogen) atoms. The lowest BCUT2D eigenvalue weighted by molar-refractivity contribution is 0.0526. The van der Waals surface area contributed by atoms with E-state index in [1.165, 1.54) is 6.07 Å². The Morgan fingerprint density at radius 2 is 2.19 bits per heavy atom. The molecule has 2 aromatic rings. The molecule has 6 nitrogen and oxygen atoms in total. The maximum absolute atomic E-state index is 12.8. The Kier molecular flexibility index (Phi) is 5.51. The first-order chi connectivity index (χ1) is 12.6. The minimum Gasteiger partial charge on any atom is -0.507 e. The van der Waals surface area contributed by atoms with Crippen LogP contribution in [0.2, 0.25) is 0 Å². The number of hydrogen-bond donors (Lipinski definition) is 1. The van der Waals surface area contributed by atoms with Gasteiger partial charge in [-0.1, -0.05) is 6.07 Å². The van der Waals surface area contributed by atoms with Gasteiger partial charge in [0.2, 0.25) is 0 Å². The fraction of sp³-hybridized carbons (Fsp3) is 0.350. The lowest BCUT2D eigenvalue weighted by Gasteiger charge is -2.35. The Morgan fingerprint density at radius 1 is 1.35 bits per heavy atom. The summed E-state index contributed by atoms with van der Waals surface area (Å²) in [5, 5.41) is 9.76. The van der Waals surface area contributed by atoms with Crippen LogP contribution in [0.1, 0.15) is 45.7 Å². The van der Waals surface area contributed by atoms with Crippen LogP contribution in [0.25, 0.3) is 0 Å². The molecule has 136 valence electrons. The van der Waals surface area contributed by atoms with Crippen LogP contribution in [0.5, 0.6) is 11.5 Å². The van der Waals surface area contributed by atoms with Gasteiger partial charge in [-0.3, -0.25) is 14.6 Å². The molecule has 1 aliphatic heterocycles. The quantitative estimate of drug-likeness (QED) is 0.835. The number of rotatable bonds is 5. The highest BCUT2D eigenvalue weighted by atomic mass is 16.5. The molecule has 0 spiro atoms. The van der Waals surface area contributed by atoms with E-state index in [0.29, 0.717) is 24.1 Å². The highest BCUT2D eigenvalue weighted by molar-refractivity contribution is 5.94. The highest BCUT2D eigenvalue weighted by Gasteiger charge is 2.28. The Balaban J connectivity index is 1.73. The van der Waals surface area contributed by atoms with Crippen LogP contribution >= 0.6 is 0 Å². The van der Waals surface area contributed by atoms with Crippen molar-refractivity contribution in [2.75, 3.05) is 13.2 Å². The van der Waals surface area contributed by atoms with Gasteiger partial charge in [-0.2, -0.15) is 0 Å². The van der Waals surface area contributed by atoms with E-state index in [-0.39, 0.29) is 29.9 Å². The number of aldehydes is 1. The van der Waals surface area contributed by atoms with E-state index in [0.717, 1.165) is 25.0 Å². The van der Waals surface area contributed by atoms with Gasteiger partial charge in [0.05, 0.1) is 17.2 Å². The van der Waals surface area contributed by atoms with E-state index < -0.39 is 0 Å². The number of pyridine rings is 1. The van der Waals surface area contributed by atoms with Gasteiger partial charge >= 0.3 is 0 Å². The average Bonchev–Trinajstić information content (AvgIpc) is 2.66. The lowest BCUT2D eigenvalue weighted by atomic mass is 10.0. The molecule has 1 aromatic heterocycles. The average molecular weight is 354 g/mol. The summed E-state index contributed by atoms with van der Waals surface area (Å²) in [5.41, 5.74) is 1.56. The number of carbonyl (C=O) groups is 2. The largest absolute Gasteiger partial charge is 0.507 e. The minimum absolute atomic E-state index is 0.0580. The predicted molar refractivity (Wildman–Crippen MR) is 96.6 cm³/mol. The first-order valence-electron chi connectivity index (χ1n) is 8.73. The van der Waals surface area contributed by atoms with Crippen LogP contribution in [-0.4, -0.2) is 46.4 Å². The number of phenols is 1. The maximum Gasteiger partial charge on any atom is 0.255 e. The fourth-order valence-electron chi connectivity index (χ4n) is 3.16. The van der Waals surface area contributed by atoms with Gasteiger partial charge in [-0.25, -0.2) is 0 Å². The standard InChI is InChI=1S/C20H22N2O4/c1-14-8-9-15(11-21-14)20(25)22-10-3-2-5-16(22)13-26-19-7-4-6-18(24)17(19)12-23/h4,6-9,11-12,16,24H,2-3,5,10,13H2,1H3/t16-/m0/s1. The smallest absolute Gasteiger partial charge is 0.255 e. The summed E-state index contributed by atoms with van der Waals surface area (Å²) in [7, 11) is 0. The van der Waals surface area contributed by atoms with E-state index in [2.05, 4.69) is 4.98 Å². The lowest BCUT2D eigenvalue weighted by Crippen LogP contribution is -2.46. The van der Waals surface area contributed by atoms with Crippen LogP contribution < -0.4 is 4.74 Å². The van der Waals surface area contributed by atoms with Crippen LogP contribution in [0.4, 0.5) is 0 Å². The number of aryl methyl sites for hydroxylation is 1. The number of phenolic OH excluding ortho intramolecular Hbond substituents is 1.